The number of halogens is 4. The Balaban J connectivity index is 3.30. The summed E-state index contributed by atoms with van der Waals surface area (Å²) in [6, 6.07) is 1.51. The van der Waals surface area contributed by atoms with Crippen molar-refractivity contribution in [2.24, 2.45) is 0 Å². The van der Waals surface area contributed by atoms with E-state index in [1.165, 1.54) is 6.07 Å². The van der Waals surface area contributed by atoms with Crippen LogP contribution in [0.2, 0.25) is 5.15 Å². The quantitative estimate of drug-likeness (QED) is 0.553. The molecule has 0 radical (unpaired) electrons. The summed E-state index contributed by atoms with van der Waals surface area (Å²) in [5.74, 6) is 0.0166. The molecule has 0 fully saturated rings. The highest BCUT2D eigenvalue weighted by Gasteiger charge is 2.18. The van der Waals surface area contributed by atoms with Gasteiger partial charge in [0.25, 0.3) is 6.43 Å². The van der Waals surface area contributed by atoms with Crippen molar-refractivity contribution < 1.29 is 8.78 Å². The van der Waals surface area contributed by atoms with Crippen LogP contribution in [0.4, 0.5) is 8.78 Å². The first-order chi connectivity index (χ1) is 6.06. The van der Waals surface area contributed by atoms with E-state index >= 15 is 0 Å². The Labute approximate surface area is 84.7 Å². The van der Waals surface area contributed by atoms with E-state index in [2.05, 4.69) is 4.98 Å². The zero-order valence-corrected chi connectivity index (χ0v) is 8.33. The molecule has 13 heavy (non-hydrogen) atoms. The minimum Gasteiger partial charge on any atom is -0.241 e. The molecule has 5 heteroatoms. The fourth-order valence-electron chi connectivity index (χ4n) is 1.05. The number of hydrogen-bond acceptors (Lipinski definition) is 1. The summed E-state index contributed by atoms with van der Waals surface area (Å²) in [5, 5.41) is -0.161. The van der Waals surface area contributed by atoms with E-state index in [0.717, 1.165) is 0 Å². The lowest BCUT2D eigenvalue weighted by Gasteiger charge is -2.08. The van der Waals surface area contributed by atoms with Gasteiger partial charge in [0.15, 0.2) is 0 Å². The summed E-state index contributed by atoms with van der Waals surface area (Å²) in [4.78, 5) is 3.73. The lowest BCUT2D eigenvalue weighted by molar-refractivity contribution is 0.150. The Morgan fingerprint density at radius 3 is 2.62 bits per heavy atom. The van der Waals surface area contributed by atoms with Crippen molar-refractivity contribution in [1.82, 2.24) is 4.98 Å². The van der Waals surface area contributed by atoms with Crippen LogP contribution in [0.25, 0.3) is 0 Å². The third-order valence-electron chi connectivity index (χ3n) is 1.59. The molecule has 1 nitrogen and oxygen atoms in total. The average molecular weight is 226 g/mol. The molecule has 72 valence electrons. The van der Waals surface area contributed by atoms with Crippen LogP contribution in [0.3, 0.4) is 0 Å². The normalized spacial score (nSPS) is 10.9. The molecular weight excluding hydrogens is 219 g/mol. The lowest BCUT2D eigenvalue weighted by Crippen LogP contribution is -1.98. The topological polar surface area (TPSA) is 12.9 Å². The summed E-state index contributed by atoms with van der Waals surface area (Å²) in [7, 11) is 0. The highest BCUT2D eigenvalue weighted by Crippen LogP contribution is 2.30. The molecule has 0 saturated heterocycles. The maximum Gasteiger partial charge on any atom is 0.267 e. The summed E-state index contributed by atoms with van der Waals surface area (Å²) in [6.07, 6.45) is -2.63. The first kappa shape index (κ1) is 10.7. The number of alkyl halides is 3. The number of pyridine rings is 1. The van der Waals surface area contributed by atoms with Gasteiger partial charge in [-0.25, -0.2) is 13.8 Å². The molecule has 0 aliphatic rings. The number of hydrogen-bond donors (Lipinski definition) is 0. The van der Waals surface area contributed by atoms with Gasteiger partial charge >= 0.3 is 0 Å². The van der Waals surface area contributed by atoms with E-state index < -0.39 is 6.43 Å². The molecule has 1 aromatic rings. The van der Waals surface area contributed by atoms with Gasteiger partial charge in [0.2, 0.25) is 0 Å². The third kappa shape index (κ3) is 2.29. The van der Waals surface area contributed by atoms with Gasteiger partial charge in [-0.1, -0.05) is 11.6 Å². The summed E-state index contributed by atoms with van der Waals surface area (Å²) >= 11 is 11.1. The SMILES string of the molecule is Cc1cc(CCl)c(C(F)F)c(Cl)n1. The van der Waals surface area contributed by atoms with Gasteiger partial charge in [0, 0.05) is 11.6 Å². The molecule has 0 bridgehead atoms. The number of aryl methyl sites for hydroxylation is 1. The molecule has 1 rings (SSSR count). The van der Waals surface area contributed by atoms with Crippen molar-refractivity contribution in [3.63, 3.8) is 0 Å². The molecule has 1 heterocycles. The van der Waals surface area contributed by atoms with Crippen LogP contribution in [0.5, 0.6) is 0 Å². The maximum atomic E-state index is 12.4. The van der Waals surface area contributed by atoms with Gasteiger partial charge in [-0.05, 0) is 18.6 Å². The Kier molecular flexibility index (Phi) is 3.45. The second-order valence-corrected chi connectivity index (χ2v) is 3.19. The lowest BCUT2D eigenvalue weighted by atomic mass is 10.1. The first-order valence-corrected chi connectivity index (χ1v) is 4.47. The average Bonchev–Trinajstić information content (AvgIpc) is 2.01. The van der Waals surface area contributed by atoms with Crippen LogP contribution < -0.4 is 0 Å². The predicted molar refractivity (Wildman–Crippen MR) is 48.5 cm³/mol. The fraction of sp³-hybridized carbons (Fsp3) is 0.375. The summed E-state index contributed by atoms with van der Waals surface area (Å²) in [6.45, 7) is 1.68. The molecule has 0 aliphatic heterocycles. The predicted octanol–water partition coefficient (Wildman–Crippen LogP) is 3.72. The molecule has 1 aromatic heterocycles. The van der Waals surface area contributed by atoms with Gasteiger partial charge in [0.05, 0.1) is 5.56 Å². The molecule has 0 aromatic carbocycles. The van der Waals surface area contributed by atoms with Gasteiger partial charge < -0.3 is 0 Å². The van der Waals surface area contributed by atoms with Gasteiger partial charge in [-0.15, -0.1) is 11.6 Å². The largest absolute Gasteiger partial charge is 0.267 e. The van der Waals surface area contributed by atoms with E-state index in [1.807, 2.05) is 0 Å². The first-order valence-electron chi connectivity index (χ1n) is 3.56. The van der Waals surface area contributed by atoms with Crippen LogP contribution in [0, 0.1) is 6.92 Å². The molecule has 0 unspecified atom stereocenters. The van der Waals surface area contributed by atoms with Crippen molar-refractivity contribution in [3.05, 3.63) is 28.0 Å². The third-order valence-corrected chi connectivity index (χ3v) is 2.16. The van der Waals surface area contributed by atoms with Crippen molar-refractivity contribution in [2.75, 3.05) is 0 Å². The Hall–Kier alpha value is -0.410. The minimum atomic E-state index is -2.63. The van der Waals surface area contributed by atoms with E-state index in [0.29, 0.717) is 11.3 Å². The van der Waals surface area contributed by atoms with Crippen LogP contribution >= 0.6 is 23.2 Å². The summed E-state index contributed by atoms with van der Waals surface area (Å²) < 4.78 is 24.8. The van der Waals surface area contributed by atoms with Gasteiger partial charge in [-0.2, -0.15) is 0 Å². The second kappa shape index (κ2) is 4.20. The fourth-order valence-corrected chi connectivity index (χ4v) is 1.61. The molecular formula is C8H7Cl2F2N. The highest BCUT2D eigenvalue weighted by atomic mass is 35.5. The Morgan fingerprint density at radius 2 is 2.15 bits per heavy atom. The maximum absolute atomic E-state index is 12.4. The Bertz CT molecular complexity index is 315. The van der Waals surface area contributed by atoms with Gasteiger partial charge in [0.1, 0.15) is 5.15 Å². The monoisotopic (exact) mass is 225 g/mol. The van der Waals surface area contributed by atoms with Crippen LogP contribution in [0.1, 0.15) is 23.2 Å². The van der Waals surface area contributed by atoms with Crippen molar-refractivity contribution in [1.29, 1.82) is 0 Å². The molecule has 0 spiro atoms. The molecule has 0 N–H and O–H groups in total. The van der Waals surface area contributed by atoms with Gasteiger partial charge in [-0.3, -0.25) is 0 Å². The standard InChI is InChI=1S/C8H7Cl2F2N/c1-4-2-5(3-9)6(8(11)12)7(10)13-4/h2,8H,3H2,1H3. The van der Waals surface area contributed by atoms with E-state index in [4.69, 9.17) is 23.2 Å². The van der Waals surface area contributed by atoms with Crippen LogP contribution in [-0.2, 0) is 5.88 Å². The van der Waals surface area contributed by atoms with Crippen molar-refractivity contribution in [2.45, 2.75) is 19.2 Å². The zero-order valence-electron chi connectivity index (χ0n) is 6.82. The number of nitrogens with zero attached hydrogens (tertiary/aromatic N) is 1. The minimum absolute atomic E-state index is 0.0166. The zero-order chi connectivity index (χ0) is 10.0. The molecule has 0 aliphatic carbocycles. The number of aromatic nitrogens is 1. The van der Waals surface area contributed by atoms with E-state index in [1.54, 1.807) is 6.92 Å². The van der Waals surface area contributed by atoms with Crippen molar-refractivity contribution in [3.8, 4) is 0 Å². The molecule has 0 saturated carbocycles. The van der Waals surface area contributed by atoms with E-state index in [-0.39, 0.29) is 16.6 Å². The van der Waals surface area contributed by atoms with Crippen LogP contribution in [-0.4, -0.2) is 4.98 Å². The Morgan fingerprint density at radius 1 is 1.54 bits per heavy atom. The summed E-state index contributed by atoms with van der Waals surface area (Å²) in [5.41, 5.74) is 0.668. The molecule has 0 amide bonds. The van der Waals surface area contributed by atoms with E-state index in [9.17, 15) is 8.78 Å². The van der Waals surface area contributed by atoms with Crippen molar-refractivity contribution >= 4 is 23.2 Å². The van der Waals surface area contributed by atoms with Crippen LogP contribution in [0.15, 0.2) is 6.07 Å². The second-order valence-electron chi connectivity index (χ2n) is 2.56. The highest BCUT2D eigenvalue weighted by molar-refractivity contribution is 6.30. The smallest absolute Gasteiger partial charge is 0.241 e. The molecule has 0 atom stereocenters. The number of rotatable bonds is 2.